The van der Waals surface area contributed by atoms with E-state index in [2.05, 4.69) is 0 Å². The van der Waals surface area contributed by atoms with E-state index in [1.54, 1.807) is 0 Å². The summed E-state index contributed by atoms with van der Waals surface area (Å²) < 4.78 is 15.3. The van der Waals surface area contributed by atoms with Gasteiger partial charge in [0, 0.05) is 0 Å². The van der Waals surface area contributed by atoms with Crippen LogP contribution in [-0.4, -0.2) is 115 Å². The maximum atomic E-state index is 9.94. The molecule has 0 radical (unpaired) electrons. The van der Waals surface area contributed by atoms with Crippen LogP contribution in [0.1, 0.15) is 0 Å². The molecule has 2 heterocycles. The fourth-order valence-electron chi connectivity index (χ4n) is 2.57. The van der Waals surface area contributed by atoms with Crippen LogP contribution in [0.15, 0.2) is 0 Å². The van der Waals surface area contributed by atoms with Crippen LogP contribution in [0.2, 0.25) is 0 Å². The topological polar surface area (TPSA) is 190 Å². The van der Waals surface area contributed by atoms with Gasteiger partial charge in [-0.1, -0.05) is 0 Å². The van der Waals surface area contributed by atoms with Gasteiger partial charge >= 0.3 is 0 Å². The van der Waals surface area contributed by atoms with E-state index in [9.17, 15) is 35.7 Å². The zero-order valence-corrected chi connectivity index (χ0v) is 12.0. The molecule has 3 unspecified atom stereocenters. The highest BCUT2D eigenvalue weighted by molar-refractivity contribution is 4.93. The monoisotopic (exact) mass is 342 g/mol. The van der Waals surface area contributed by atoms with Crippen LogP contribution in [0.3, 0.4) is 0 Å². The van der Waals surface area contributed by atoms with E-state index in [1.165, 1.54) is 0 Å². The van der Waals surface area contributed by atoms with E-state index >= 15 is 0 Å². The molecule has 0 saturated carbocycles. The van der Waals surface area contributed by atoms with Crippen molar-refractivity contribution in [2.75, 3.05) is 13.2 Å². The molecule has 136 valence electrons. The van der Waals surface area contributed by atoms with Crippen LogP contribution in [0.25, 0.3) is 0 Å². The molecule has 2 saturated heterocycles. The summed E-state index contributed by atoms with van der Waals surface area (Å²) in [5.41, 5.74) is 0. The average molecular weight is 342 g/mol. The van der Waals surface area contributed by atoms with Gasteiger partial charge in [-0.25, -0.2) is 0 Å². The average Bonchev–Trinajstić information content (AvgIpc) is 2.55. The first-order valence-electron chi connectivity index (χ1n) is 7.08. The lowest BCUT2D eigenvalue weighted by atomic mass is 9.97. The number of aliphatic hydroxyl groups is 8. The molecule has 11 nitrogen and oxygen atoms in total. The summed E-state index contributed by atoms with van der Waals surface area (Å²) >= 11 is 0. The highest BCUT2D eigenvalue weighted by atomic mass is 16.7. The van der Waals surface area contributed by atoms with Crippen molar-refractivity contribution in [3.05, 3.63) is 0 Å². The molecule has 0 bridgehead atoms. The Hall–Kier alpha value is -0.440. The molecule has 0 aromatic carbocycles. The van der Waals surface area contributed by atoms with Crippen molar-refractivity contribution >= 4 is 0 Å². The van der Waals surface area contributed by atoms with Gasteiger partial charge in [-0.15, -0.1) is 0 Å². The maximum absolute atomic E-state index is 9.94. The Labute approximate surface area is 130 Å². The Kier molecular flexibility index (Phi) is 6.27. The minimum Gasteiger partial charge on any atom is -0.394 e. The summed E-state index contributed by atoms with van der Waals surface area (Å²) in [4.78, 5) is 0. The zero-order chi connectivity index (χ0) is 17.3. The summed E-state index contributed by atoms with van der Waals surface area (Å²) in [6, 6.07) is 0. The number of aliphatic hydroxyl groups excluding tert-OH is 8. The molecule has 2 rings (SSSR count). The molecule has 0 amide bonds. The summed E-state index contributed by atoms with van der Waals surface area (Å²) in [7, 11) is 0. The third kappa shape index (κ3) is 3.65. The predicted molar refractivity (Wildman–Crippen MR) is 68.6 cm³/mol. The SMILES string of the molecule is OC[C@H]1OC(O)[C@H](O)[C@@H](O)C1OC1O[C@H](CO)[C@H](O)[C@H](O)[C@H]1O. The van der Waals surface area contributed by atoms with Crippen molar-refractivity contribution in [3.8, 4) is 0 Å². The van der Waals surface area contributed by atoms with E-state index < -0.39 is 74.6 Å². The lowest BCUT2D eigenvalue weighted by Gasteiger charge is -2.45. The fraction of sp³-hybridized carbons (Fsp3) is 1.00. The van der Waals surface area contributed by atoms with Gasteiger partial charge in [0.25, 0.3) is 0 Å². The minimum atomic E-state index is -1.74. The maximum Gasteiger partial charge on any atom is 0.187 e. The zero-order valence-electron chi connectivity index (χ0n) is 12.0. The third-order valence-corrected chi connectivity index (χ3v) is 3.98. The van der Waals surface area contributed by atoms with Crippen molar-refractivity contribution in [1.29, 1.82) is 0 Å². The van der Waals surface area contributed by atoms with Crippen molar-refractivity contribution in [2.45, 2.75) is 61.4 Å². The Bertz CT molecular complexity index is 378. The quantitative estimate of drug-likeness (QED) is 0.243. The number of hydrogen-bond acceptors (Lipinski definition) is 11. The molecule has 10 atom stereocenters. The highest BCUT2D eigenvalue weighted by Crippen LogP contribution is 2.28. The molecule has 0 spiro atoms. The largest absolute Gasteiger partial charge is 0.394 e. The Balaban J connectivity index is 2.11. The second kappa shape index (κ2) is 7.63. The Morgan fingerprint density at radius 1 is 0.652 bits per heavy atom. The number of rotatable bonds is 4. The van der Waals surface area contributed by atoms with Crippen molar-refractivity contribution in [3.63, 3.8) is 0 Å². The lowest BCUT2D eigenvalue weighted by molar-refractivity contribution is -0.355. The van der Waals surface area contributed by atoms with Gasteiger partial charge < -0.3 is 55.1 Å². The van der Waals surface area contributed by atoms with Crippen molar-refractivity contribution < 1.29 is 55.1 Å². The number of ether oxygens (including phenoxy) is 3. The van der Waals surface area contributed by atoms with Gasteiger partial charge in [0.2, 0.25) is 0 Å². The van der Waals surface area contributed by atoms with Crippen LogP contribution in [0.5, 0.6) is 0 Å². The Morgan fingerprint density at radius 3 is 1.83 bits per heavy atom. The Morgan fingerprint density at radius 2 is 1.26 bits per heavy atom. The van der Waals surface area contributed by atoms with E-state index in [0.29, 0.717) is 0 Å². The molecule has 23 heavy (non-hydrogen) atoms. The summed E-state index contributed by atoms with van der Waals surface area (Å²) in [5.74, 6) is 0. The highest BCUT2D eigenvalue weighted by Gasteiger charge is 2.50. The van der Waals surface area contributed by atoms with E-state index in [4.69, 9.17) is 19.3 Å². The molecule has 0 aliphatic carbocycles. The fourth-order valence-corrected chi connectivity index (χ4v) is 2.57. The van der Waals surface area contributed by atoms with E-state index in [-0.39, 0.29) is 0 Å². The van der Waals surface area contributed by atoms with Crippen LogP contribution in [-0.2, 0) is 14.2 Å². The minimum absolute atomic E-state index is 0.667. The van der Waals surface area contributed by atoms with Crippen molar-refractivity contribution in [2.24, 2.45) is 0 Å². The van der Waals surface area contributed by atoms with Gasteiger partial charge in [-0.3, -0.25) is 0 Å². The smallest absolute Gasteiger partial charge is 0.187 e. The van der Waals surface area contributed by atoms with Gasteiger partial charge in [-0.05, 0) is 0 Å². The summed E-state index contributed by atoms with van der Waals surface area (Å²) in [5, 5.41) is 76.5. The standard InChI is InChI=1S/C12H22O11/c13-1-3-5(15)6(16)9(19)12(22-3)23-10-4(2-14)21-11(20)8(18)7(10)17/h3-20H,1-2H2/t3-,4-,5+,6+,7-,8-,9-,10?,11?,12?/m1/s1. The molecule has 2 fully saturated rings. The molecule has 0 aromatic rings. The van der Waals surface area contributed by atoms with Crippen LogP contribution in [0.4, 0.5) is 0 Å². The second-order valence-corrected chi connectivity index (χ2v) is 5.53. The van der Waals surface area contributed by atoms with E-state index in [0.717, 1.165) is 0 Å². The summed E-state index contributed by atoms with van der Waals surface area (Å²) in [6.45, 7) is -1.35. The molecule has 2 aliphatic rings. The normalized spacial score (nSPS) is 51.7. The van der Waals surface area contributed by atoms with Crippen LogP contribution < -0.4 is 0 Å². The molecule has 8 N–H and O–H groups in total. The molecule has 0 aromatic heterocycles. The van der Waals surface area contributed by atoms with Crippen molar-refractivity contribution in [1.82, 2.24) is 0 Å². The van der Waals surface area contributed by atoms with Gasteiger partial charge in [0.1, 0.15) is 48.8 Å². The molecular weight excluding hydrogens is 320 g/mol. The number of hydrogen-bond donors (Lipinski definition) is 8. The van der Waals surface area contributed by atoms with Crippen LogP contribution >= 0.6 is 0 Å². The van der Waals surface area contributed by atoms with Gasteiger partial charge in [0.15, 0.2) is 12.6 Å². The van der Waals surface area contributed by atoms with Gasteiger partial charge in [0.05, 0.1) is 13.2 Å². The first-order chi connectivity index (χ1) is 10.8. The van der Waals surface area contributed by atoms with E-state index in [1.807, 2.05) is 0 Å². The predicted octanol–water partition coefficient (Wildman–Crippen LogP) is -5.40. The third-order valence-electron chi connectivity index (χ3n) is 3.98. The lowest BCUT2D eigenvalue weighted by Crippen LogP contribution is -2.64. The first kappa shape index (κ1) is 18.9. The van der Waals surface area contributed by atoms with Crippen LogP contribution in [0, 0.1) is 0 Å². The first-order valence-corrected chi connectivity index (χ1v) is 7.08. The molecular formula is C12H22O11. The summed E-state index contributed by atoms with van der Waals surface area (Å²) in [6.07, 6.45) is -15.6. The molecule has 2 aliphatic heterocycles. The second-order valence-electron chi connectivity index (χ2n) is 5.53. The molecule has 11 heteroatoms. The van der Waals surface area contributed by atoms with Gasteiger partial charge in [-0.2, -0.15) is 0 Å².